The Balaban J connectivity index is 1.59. The first kappa shape index (κ1) is 14.7. The van der Waals surface area contributed by atoms with E-state index < -0.39 is 0 Å². The van der Waals surface area contributed by atoms with Gasteiger partial charge in [-0.2, -0.15) is 5.10 Å². The van der Waals surface area contributed by atoms with E-state index in [2.05, 4.69) is 36.4 Å². The molecule has 1 aliphatic rings. The van der Waals surface area contributed by atoms with Crippen molar-refractivity contribution in [1.29, 1.82) is 0 Å². The molecule has 0 radical (unpaired) electrons. The molecule has 1 aromatic heterocycles. The fourth-order valence-corrected chi connectivity index (χ4v) is 2.76. The molecule has 0 atom stereocenters. The lowest BCUT2D eigenvalue weighted by molar-refractivity contribution is 0.174. The maximum atomic E-state index is 12.0. The number of aromatic nitrogens is 2. The van der Waals surface area contributed by atoms with Gasteiger partial charge < -0.3 is 9.47 Å². The Hall–Kier alpha value is -2.87. The van der Waals surface area contributed by atoms with Crippen LogP contribution >= 0.6 is 15.9 Å². The molecule has 0 spiro atoms. The molecule has 1 aliphatic heterocycles. The predicted octanol–water partition coefficient (Wildman–Crippen LogP) is 2.86. The van der Waals surface area contributed by atoms with Crippen molar-refractivity contribution in [1.82, 2.24) is 9.97 Å². The number of ether oxygens (including phenoxy) is 2. The number of para-hydroxylation sites is 1. The van der Waals surface area contributed by atoms with Crippen LogP contribution in [0.5, 0.6) is 11.5 Å². The molecule has 0 fully saturated rings. The maximum absolute atomic E-state index is 12.0. The number of benzene rings is 2. The molecule has 0 saturated carbocycles. The first-order valence-electron chi connectivity index (χ1n) is 7.08. The molecule has 0 amide bonds. The Morgan fingerprint density at radius 2 is 2.04 bits per heavy atom. The fraction of sp³-hybridized carbons (Fsp3) is 0.0625. The van der Waals surface area contributed by atoms with Crippen LogP contribution in [0.1, 0.15) is 5.56 Å². The normalized spacial score (nSPS) is 12.9. The molecule has 7 nitrogen and oxygen atoms in total. The Kier molecular flexibility index (Phi) is 3.66. The number of nitrogens with zero attached hydrogens (tertiary/aromatic N) is 2. The lowest BCUT2D eigenvalue weighted by Crippen LogP contribution is -2.10. The third kappa shape index (κ3) is 2.71. The molecule has 0 saturated heterocycles. The second-order valence-electron chi connectivity index (χ2n) is 5.03. The molecule has 0 unspecified atom stereocenters. The number of anilines is 1. The number of hydrazone groups is 1. The lowest BCUT2D eigenvalue weighted by atomic mass is 10.2. The van der Waals surface area contributed by atoms with Crippen LogP contribution in [0.4, 0.5) is 5.95 Å². The lowest BCUT2D eigenvalue weighted by Gasteiger charge is -2.03. The second-order valence-corrected chi connectivity index (χ2v) is 5.88. The SMILES string of the molecule is O=c1[nH]c(NN=Cc2cc3c(cc2Br)OCO3)nc2ccccc12. The number of rotatable bonds is 3. The van der Waals surface area contributed by atoms with Crippen LogP contribution in [0.25, 0.3) is 10.9 Å². The average Bonchev–Trinajstić information content (AvgIpc) is 3.02. The zero-order chi connectivity index (χ0) is 16.5. The summed E-state index contributed by atoms with van der Waals surface area (Å²) in [7, 11) is 0. The first-order valence-corrected chi connectivity index (χ1v) is 7.87. The Labute approximate surface area is 144 Å². The van der Waals surface area contributed by atoms with Crippen LogP contribution in [0.3, 0.4) is 0 Å². The Morgan fingerprint density at radius 3 is 2.92 bits per heavy atom. The highest BCUT2D eigenvalue weighted by atomic mass is 79.9. The molecule has 24 heavy (non-hydrogen) atoms. The van der Waals surface area contributed by atoms with Gasteiger partial charge in [0.1, 0.15) is 0 Å². The molecular formula is C16H11BrN4O3. The highest BCUT2D eigenvalue weighted by Crippen LogP contribution is 2.36. The zero-order valence-electron chi connectivity index (χ0n) is 12.2. The van der Waals surface area contributed by atoms with Gasteiger partial charge in [-0.3, -0.25) is 9.78 Å². The standard InChI is InChI=1S/C16H11BrN4O3/c17-11-6-14-13(23-8-24-14)5-9(11)7-18-21-16-19-12-4-2-1-3-10(12)15(22)20-16/h1-7H,8H2,(H2,19,20,21,22). The highest BCUT2D eigenvalue weighted by Gasteiger charge is 2.15. The molecule has 2 aromatic carbocycles. The largest absolute Gasteiger partial charge is 0.454 e. The molecular weight excluding hydrogens is 376 g/mol. The minimum Gasteiger partial charge on any atom is -0.454 e. The summed E-state index contributed by atoms with van der Waals surface area (Å²) in [6, 6.07) is 10.7. The maximum Gasteiger partial charge on any atom is 0.260 e. The monoisotopic (exact) mass is 386 g/mol. The van der Waals surface area contributed by atoms with E-state index >= 15 is 0 Å². The average molecular weight is 387 g/mol. The van der Waals surface area contributed by atoms with E-state index in [1.54, 1.807) is 24.4 Å². The van der Waals surface area contributed by atoms with Crippen LogP contribution in [-0.2, 0) is 0 Å². The summed E-state index contributed by atoms with van der Waals surface area (Å²) in [4.78, 5) is 18.9. The molecule has 0 bridgehead atoms. The van der Waals surface area contributed by atoms with Gasteiger partial charge >= 0.3 is 0 Å². The van der Waals surface area contributed by atoms with Crippen molar-refractivity contribution in [3.05, 3.63) is 56.8 Å². The minimum atomic E-state index is -0.220. The Morgan fingerprint density at radius 1 is 1.25 bits per heavy atom. The van der Waals surface area contributed by atoms with Gasteiger partial charge in [0.25, 0.3) is 5.56 Å². The van der Waals surface area contributed by atoms with Gasteiger partial charge in [-0.05, 0) is 40.2 Å². The van der Waals surface area contributed by atoms with Crippen molar-refractivity contribution in [3.8, 4) is 11.5 Å². The van der Waals surface area contributed by atoms with Gasteiger partial charge in [0.2, 0.25) is 12.7 Å². The number of H-pyrrole nitrogens is 1. The Bertz CT molecular complexity index is 1020. The van der Waals surface area contributed by atoms with Crippen LogP contribution in [0.15, 0.2) is 50.8 Å². The number of nitrogens with one attached hydrogen (secondary N) is 2. The van der Waals surface area contributed by atoms with E-state index in [1.807, 2.05) is 18.2 Å². The molecule has 0 aliphatic carbocycles. The fourth-order valence-electron chi connectivity index (χ4n) is 2.33. The quantitative estimate of drug-likeness (QED) is 0.533. The number of hydrogen-bond donors (Lipinski definition) is 2. The summed E-state index contributed by atoms with van der Waals surface area (Å²) in [5.41, 5.74) is 3.91. The summed E-state index contributed by atoms with van der Waals surface area (Å²) >= 11 is 3.45. The van der Waals surface area contributed by atoms with E-state index in [9.17, 15) is 4.79 Å². The number of hydrogen-bond acceptors (Lipinski definition) is 6. The van der Waals surface area contributed by atoms with E-state index in [1.165, 1.54) is 0 Å². The van der Waals surface area contributed by atoms with E-state index in [4.69, 9.17) is 9.47 Å². The smallest absolute Gasteiger partial charge is 0.260 e. The number of halogens is 1. The first-order chi connectivity index (χ1) is 11.7. The summed E-state index contributed by atoms with van der Waals surface area (Å²) in [6.07, 6.45) is 1.60. The molecule has 120 valence electrons. The van der Waals surface area contributed by atoms with Crippen molar-refractivity contribution in [3.63, 3.8) is 0 Å². The van der Waals surface area contributed by atoms with E-state index in [0.717, 1.165) is 10.0 Å². The molecule has 2 heterocycles. The van der Waals surface area contributed by atoms with Crippen molar-refractivity contribution in [2.24, 2.45) is 5.10 Å². The van der Waals surface area contributed by atoms with Gasteiger partial charge in [-0.1, -0.05) is 12.1 Å². The third-order valence-corrected chi connectivity index (χ3v) is 4.17. The van der Waals surface area contributed by atoms with Gasteiger partial charge in [0.15, 0.2) is 11.5 Å². The molecule has 3 aromatic rings. The minimum absolute atomic E-state index is 0.211. The predicted molar refractivity (Wildman–Crippen MR) is 93.8 cm³/mol. The van der Waals surface area contributed by atoms with Gasteiger partial charge in [-0.25, -0.2) is 10.4 Å². The second kappa shape index (κ2) is 5.97. The zero-order valence-corrected chi connectivity index (χ0v) is 13.8. The van der Waals surface area contributed by atoms with E-state index in [0.29, 0.717) is 22.4 Å². The highest BCUT2D eigenvalue weighted by molar-refractivity contribution is 9.10. The van der Waals surface area contributed by atoms with Crippen LogP contribution < -0.4 is 20.5 Å². The van der Waals surface area contributed by atoms with Gasteiger partial charge in [0, 0.05) is 10.0 Å². The van der Waals surface area contributed by atoms with Crippen LogP contribution in [-0.4, -0.2) is 23.0 Å². The number of aromatic amines is 1. The topological polar surface area (TPSA) is 88.6 Å². The van der Waals surface area contributed by atoms with Crippen molar-refractivity contribution in [2.45, 2.75) is 0 Å². The summed E-state index contributed by atoms with van der Waals surface area (Å²) in [5, 5.41) is 4.64. The van der Waals surface area contributed by atoms with Crippen molar-refractivity contribution in [2.75, 3.05) is 12.2 Å². The number of fused-ring (bicyclic) bond motifs is 2. The van der Waals surface area contributed by atoms with Gasteiger partial charge in [0.05, 0.1) is 17.1 Å². The van der Waals surface area contributed by atoms with Gasteiger partial charge in [-0.15, -0.1) is 0 Å². The van der Waals surface area contributed by atoms with Crippen molar-refractivity contribution >= 4 is 39.0 Å². The third-order valence-electron chi connectivity index (χ3n) is 3.48. The van der Waals surface area contributed by atoms with E-state index in [-0.39, 0.29) is 18.3 Å². The van der Waals surface area contributed by atoms with Crippen molar-refractivity contribution < 1.29 is 9.47 Å². The molecule has 8 heteroatoms. The molecule has 4 rings (SSSR count). The summed E-state index contributed by atoms with van der Waals surface area (Å²) in [5.74, 6) is 1.62. The van der Waals surface area contributed by atoms with Crippen LogP contribution in [0.2, 0.25) is 0 Å². The summed E-state index contributed by atoms with van der Waals surface area (Å²) < 4.78 is 11.5. The van der Waals surface area contributed by atoms with Crippen LogP contribution in [0, 0.1) is 0 Å². The molecule has 2 N–H and O–H groups in total. The summed E-state index contributed by atoms with van der Waals surface area (Å²) in [6.45, 7) is 0.211.